The first-order valence-electron chi connectivity index (χ1n) is 7.00. The molecule has 0 saturated heterocycles. The van der Waals surface area contributed by atoms with Crippen LogP contribution >= 0.6 is 0 Å². The molecule has 0 atom stereocenters. The fourth-order valence-corrected chi connectivity index (χ4v) is 2.31. The smallest absolute Gasteiger partial charge is 0.143 e. The Morgan fingerprint density at radius 2 is 1.80 bits per heavy atom. The van der Waals surface area contributed by atoms with Crippen molar-refractivity contribution >= 4 is 5.69 Å². The van der Waals surface area contributed by atoms with E-state index in [1.54, 1.807) is 0 Å². The van der Waals surface area contributed by atoms with E-state index in [0.29, 0.717) is 0 Å². The Balaban J connectivity index is 1.85. The molecule has 3 rings (SSSR count). The van der Waals surface area contributed by atoms with Gasteiger partial charge >= 0.3 is 0 Å². The van der Waals surface area contributed by atoms with Crippen LogP contribution < -0.4 is 14.8 Å². The van der Waals surface area contributed by atoms with E-state index in [2.05, 4.69) is 35.6 Å². The van der Waals surface area contributed by atoms with E-state index >= 15 is 0 Å². The fraction of sp³-hybridized carbons (Fsp3) is 0.294. The van der Waals surface area contributed by atoms with Crippen LogP contribution in [-0.2, 0) is 0 Å². The lowest BCUT2D eigenvalue weighted by Crippen LogP contribution is -2.17. The number of rotatable bonds is 3. The highest BCUT2D eigenvalue weighted by Crippen LogP contribution is 2.33. The molecule has 0 fully saturated rings. The molecule has 0 radical (unpaired) electrons. The zero-order valence-corrected chi connectivity index (χ0v) is 11.8. The SMILES string of the molecule is CC(C)Oc1ccc(-c2ccc3c(c2)OCCN3)cc1. The third-order valence-corrected chi connectivity index (χ3v) is 3.22. The number of ether oxygens (including phenoxy) is 2. The second kappa shape index (κ2) is 5.45. The molecule has 0 unspecified atom stereocenters. The Kier molecular flexibility index (Phi) is 3.50. The van der Waals surface area contributed by atoms with Crippen molar-refractivity contribution in [1.29, 1.82) is 0 Å². The summed E-state index contributed by atoms with van der Waals surface area (Å²) in [6.45, 7) is 5.65. The highest BCUT2D eigenvalue weighted by atomic mass is 16.5. The van der Waals surface area contributed by atoms with Crippen LogP contribution in [0.3, 0.4) is 0 Å². The van der Waals surface area contributed by atoms with Crippen molar-refractivity contribution in [2.24, 2.45) is 0 Å². The van der Waals surface area contributed by atoms with Gasteiger partial charge in [0.1, 0.15) is 18.1 Å². The van der Waals surface area contributed by atoms with Gasteiger partial charge in [0.2, 0.25) is 0 Å². The Morgan fingerprint density at radius 3 is 2.55 bits per heavy atom. The first kappa shape index (κ1) is 12.9. The molecule has 104 valence electrons. The van der Waals surface area contributed by atoms with Crippen LogP contribution in [0.25, 0.3) is 11.1 Å². The lowest BCUT2D eigenvalue weighted by Gasteiger charge is -2.19. The van der Waals surface area contributed by atoms with Crippen molar-refractivity contribution in [2.75, 3.05) is 18.5 Å². The van der Waals surface area contributed by atoms with Gasteiger partial charge in [0.25, 0.3) is 0 Å². The van der Waals surface area contributed by atoms with Gasteiger partial charge in [0.15, 0.2) is 0 Å². The maximum absolute atomic E-state index is 5.67. The van der Waals surface area contributed by atoms with Gasteiger partial charge in [-0.05, 0) is 49.2 Å². The van der Waals surface area contributed by atoms with Crippen LogP contribution in [0.5, 0.6) is 11.5 Å². The average Bonchev–Trinajstić information content (AvgIpc) is 2.47. The molecule has 3 heteroatoms. The number of fused-ring (bicyclic) bond motifs is 1. The van der Waals surface area contributed by atoms with Crippen LogP contribution in [0.1, 0.15) is 13.8 Å². The topological polar surface area (TPSA) is 30.5 Å². The summed E-state index contributed by atoms with van der Waals surface area (Å²) >= 11 is 0. The van der Waals surface area contributed by atoms with Crippen molar-refractivity contribution < 1.29 is 9.47 Å². The largest absolute Gasteiger partial charge is 0.491 e. The molecule has 2 aromatic rings. The van der Waals surface area contributed by atoms with Crippen LogP contribution in [0.15, 0.2) is 42.5 Å². The van der Waals surface area contributed by atoms with Crippen LogP contribution in [0, 0.1) is 0 Å². The summed E-state index contributed by atoms with van der Waals surface area (Å²) in [7, 11) is 0. The predicted octanol–water partition coefficient (Wildman–Crippen LogP) is 3.95. The Morgan fingerprint density at radius 1 is 1.05 bits per heavy atom. The third-order valence-electron chi connectivity index (χ3n) is 3.22. The lowest BCUT2D eigenvalue weighted by atomic mass is 10.0. The van der Waals surface area contributed by atoms with Gasteiger partial charge in [0.05, 0.1) is 11.8 Å². The van der Waals surface area contributed by atoms with E-state index in [-0.39, 0.29) is 6.10 Å². The number of nitrogens with one attached hydrogen (secondary N) is 1. The van der Waals surface area contributed by atoms with E-state index in [1.165, 1.54) is 0 Å². The summed E-state index contributed by atoms with van der Waals surface area (Å²) in [5.41, 5.74) is 3.39. The van der Waals surface area contributed by atoms with Crippen LogP contribution in [0.4, 0.5) is 5.69 Å². The quantitative estimate of drug-likeness (QED) is 0.915. The van der Waals surface area contributed by atoms with Crippen molar-refractivity contribution in [3.63, 3.8) is 0 Å². The van der Waals surface area contributed by atoms with Gasteiger partial charge in [-0.15, -0.1) is 0 Å². The average molecular weight is 269 g/mol. The highest BCUT2D eigenvalue weighted by Gasteiger charge is 2.10. The van der Waals surface area contributed by atoms with Gasteiger partial charge in [-0.2, -0.15) is 0 Å². The minimum atomic E-state index is 0.198. The molecule has 2 aromatic carbocycles. The predicted molar refractivity (Wildman–Crippen MR) is 81.6 cm³/mol. The minimum Gasteiger partial charge on any atom is -0.491 e. The summed E-state index contributed by atoms with van der Waals surface area (Å²) in [5.74, 6) is 1.83. The molecule has 0 bridgehead atoms. The molecule has 0 amide bonds. The monoisotopic (exact) mass is 269 g/mol. The standard InChI is InChI=1S/C17H19NO2/c1-12(2)20-15-6-3-13(4-7-15)14-5-8-16-17(11-14)19-10-9-18-16/h3-8,11-12,18H,9-10H2,1-2H3. The molecule has 0 aliphatic carbocycles. The second-order valence-corrected chi connectivity index (χ2v) is 5.18. The Labute approximate surface area is 119 Å². The van der Waals surface area contributed by atoms with Gasteiger partial charge < -0.3 is 14.8 Å². The molecule has 0 spiro atoms. The zero-order chi connectivity index (χ0) is 13.9. The molecule has 1 aliphatic rings. The fourth-order valence-electron chi connectivity index (χ4n) is 2.31. The number of anilines is 1. The lowest BCUT2D eigenvalue weighted by molar-refractivity contribution is 0.242. The number of benzene rings is 2. The van der Waals surface area contributed by atoms with Gasteiger partial charge in [-0.1, -0.05) is 18.2 Å². The molecule has 1 heterocycles. The van der Waals surface area contributed by atoms with Crippen LogP contribution in [-0.4, -0.2) is 19.3 Å². The van der Waals surface area contributed by atoms with E-state index in [1.807, 2.05) is 26.0 Å². The molecular formula is C17H19NO2. The first-order chi connectivity index (χ1) is 9.72. The normalized spacial score (nSPS) is 13.3. The van der Waals surface area contributed by atoms with E-state index in [0.717, 1.165) is 41.5 Å². The van der Waals surface area contributed by atoms with Gasteiger partial charge in [-0.25, -0.2) is 0 Å². The number of hydrogen-bond acceptors (Lipinski definition) is 3. The highest BCUT2D eigenvalue weighted by molar-refractivity contribution is 5.71. The summed E-state index contributed by atoms with van der Waals surface area (Å²) in [5, 5.41) is 3.33. The van der Waals surface area contributed by atoms with Gasteiger partial charge in [0, 0.05) is 6.54 Å². The maximum Gasteiger partial charge on any atom is 0.143 e. The summed E-state index contributed by atoms with van der Waals surface area (Å²) < 4.78 is 11.3. The van der Waals surface area contributed by atoms with E-state index < -0.39 is 0 Å². The minimum absolute atomic E-state index is 0.198. The van der Waals surface area contributed by atoms with E-state index in [4.69, 9.17) is 9.47 Å². The van der Waals surface area contributed by atoms with Crippen molar-refractivity contribution in [1.82, 2.24) is 0 Å². The third kappa shape index (κ3) is 2.72. The molecule has 20 heavy (non-hydrogen) atoms. The van der Waals surface area contributed by atoms with Crippen molar-refractivity contribution in [2.45, 2.75) is 20.0 Å². The summed E-state index contributed by atoms with van der Waals surface area (Å²) in [6, 6.07) is 14.4. The summed E-state index contributed by atoms with van der Waals surface area (Å²) in [6.07, 6.45) is 0.198. The maximum atomic E-state index is 5.67. The molecule has 3 nitrogen and oxygen atoms in total. The molecule has 0 saturated carbocycles. The zero-order valence-electron chi connectivity index (χ0n) is 11.8. The molecular weight excluding hydrogens is 250 g/mol. The first-order valence-corrected chi connectivity index (χ1v) is 7.00. The Hall–Kier alpha value is -2.16. The molecule has 1 aliphatic heterocycles. The van der Waals surface area contributed by atoms with Crippen LogP contribution in [0.2, 0.25) is 0 Å². The molecule has 1 N–H and O–H groups in total. The van der Waals surface area contributed by atoms with Crippen molar-refractivity contribution in [3.8, 4) is 22.6 Å². The number of hydrogen-bond donors (Lipinski definition) is 1. The van der Waals surface area contributed by atoms with Gasteiger partial charge in [-0.3, -0.25) is 0 Å². The van der Waals surface area contributed by atoms with E-state index in [9.17, 15) is 0 Å². The Bertz CT molecular complexity index is 590. The molecule has 0 aromatic heterocycles. The second-order valence-electron chi connectivity index (χ2n) is 5.18. The summed E-state index contributed by atoms with van der Waals surface area (Å²) in [4.78, 5) is 0. The van der Waals surface area contributed by atoms with Crippen molar-refractivity contribution in [3.05, 3.63) is 42.5 Å².